The Morgan fingerprint density at radius 2 is 2.04 bits per heavy atom. The molecule has 0 saturated heterocycles. The topological polar surface area (TPSA) is 58.6 Å². The molecule has 1 heterocycles. The number of ether oxygens (including phenoxy) is 1. The minimum absolute atomic E-state index is 0.0975. The normalized spacial score (nSPS) is 16.4. The lowest BCUT2D eigenvalue weighted by atomic mass is 10.1. The molecule has 5 nitrogen and oxygen atoms in total. The van der Waals surface area contributed by atoms with Crippen molar-refractivity contribution >= 4 is 29.1 Å². The number of hydrogen-bond acceptors (Lipinski definition) is 3. The molecule has 0 radical (unpaired) electrons. The van der Waals surface area contributed by atoms with E-state index in [1.807, 2.05) is 18.2 Å². The second kappa shape index (κ2) is 6.53. The fourth-order valence-electron chi connectivity index (χ4n) is 2.59. The molecule has 2 aromatic rings. The van der Waals surface area contributed by atoms with E-state index in [4.69, 9.17) is 16.3 Å². The van der Waals surface area contributed by atoms with Crippen molar-refractivity contribution in [1.82, 2.24) is 5.32 Å². The van der Waals surface area contributed by atoms with Crippen molar-refractivity contribution in [2.24, 2.45) is 0 Å². The Balaban J connectivity index is 1.74. The number of halogens is 1. The molecule has 0 aliphatic carbocycles. The fraction of sp³-hybridized carbons (Fsp3) is 0.222. The van der Waals surface area contributed by atoms with Gasteiger partial charge >= 0.3 is 0 Å². The van der Waals surface area contributed by atoms with Crippen molar-refractivity contribution in [2.45, 2.75) is 19.6 Å². The predicted octanol–water partition coefficient (Wildman–Crippen LogP) is 3.01. The molecule has 1 N–H and O–H groups in total. The zero-order valence-corrected chi connectivity index (χ0v) is 14.1. The highest BCUT2D eigenvalue weighted by atomic mass is 35.5. The number of likely N-dealkylation sites (N-methyl/N-ethyl adjacent to an activating group) is 1. The van der Waals surface area contributed by atoms with Crippen molar-refractivity contribution in [3.63, 3.8) is 0 Å². The van der Waals surface area contributed by atoms with Gasteiger partial charge in [-0.15, -0.1) is 0 Å². The van der Waals surface area contributed by atoms with Gasteiger partial charge in [0.1, 0.15) is 5.75 Å². The van der Waals surface area contributed by atoms with E-state index in [2.05, 4.69) is 5.32 Å². The second-order valence-corrected chi connectivity index (χ2v) is 6.03. The molecule has 1 aliphatic heterocycles. The van der Waals surface area contributed by atoms with Crippen LogP contribution in [0.3, 0.4) is 0 Å². The standard InChI is InChI=1S/C18H17ClN2O3/c1-11-18(23)21(2)15-9-12(7-8-16(15)24-11)10-20-17(22)13-5-3-4-6-14(13)19/h3-9,11H,10H2,1-2H3,(H,20,22). The summed E-state index contributed by atoms with van der Waals surface area (Å²) in [6, 6.07) is 12.4. The molecule has 0 saturated carbocycles. The van der Waals surface area contributed by atoms with Crippen LogP contribution in [0.1, 0.15) is 22.8 Å². The number of amides is 2. The molecule has 2 aromatic carbocycles. The van der Waals surface area contributed by atoms with Gasteiger partial charge in [0, 0.05) is 13.6 Å². The Kier molecular flexibility index (Phi) is 4.44. The first-order valence-corrected chi connectivity index (χ1v) is 7.95. The molecule has 0 fully saturated rings. The fourth-order valence-corrected chi connectivity index (χ4v) is 2.81. The number of carbonyl (C=O) groups excluding carboxylic acids is 2. The molecule has 6 heteroatoms. The number of rotatable bonds is 3. The predicted molar refractivity (Wildman–Crippen MR) is 92.6 cm³/mol. The first kappa shape index (κ1) is 16.3. The summed E-state index contributed by atoms with van der Waals surface area (Å²) >= 11 is 6.02. The van der Waals surface area contributed by atoms with Crippen molar-refractivity contribution in [3.8, 4) is 5.75 Å². The smallest absolute Gasteiger partial charge is 0.267 e. The molecule has 124 valence electrons. The van der Waals surface area contributed by atoms with Gasteiger partial charge in [-0.05, 0) is 36.8 Å². The molecule has 1 unspecified atom stereocenters. The SMILES string of the molecule is CC1Oc2ccc(CNC(=O)c3ccccc3Cl)cc2N(C)C1=O. The highest BCUT2D eigenvalue weighted by Crippen LogP contribution is 2.33. The van der Waals surface area contributed by atoms with Crippen molar-refractivity contribution in [2.75, 3.05) is 11.9 Å². The zero-order valence-electron chi connectivity index (χ0n) is 13.4. The van der Waals surface area contributed by atoms with Crippen molar-refractivity contribution in [1.29, 1.82) is 0 Å². The van der Waals surface area contributed by atoms with Gasteiger partial charge in [-0.25, -0.2) is 0 Å². The van der Waals surface area contributed by atoms with E-state index in [1.54, 1.807) is 43.1 Å². The summed E-state index contributed by atoms with van der Waals surface area (Å²) in [5.74, 6) is 0.318. The van der Waals surface area contributed by atoms with Gasteiger partial charge in [-0.1, -0.05) is 29.8 Å². The van der Waals surface area contributed by atoms with Crippen LogP contribution in [0.25, 0.3) is 0 Å². The first-order valence-electron chi connectivity index (χ1n) is 7.57. The molecular formula is C18H17ClN2O3. The zero-order chi connectivity index (χ0) is 17.3. The third-order valence-corrected chi connectivity index (χ3v) is 4.27. The number of nitrogens with one attached hydrogen (secondary N) is 1. The quantitative estimate of drug-likeness (QED) is 0.931. The van der Waals surface area contributed by atoms with Crippen molar-refractivity contribution < 1.29 is 14.3 Å². The Hall–Kier alpha value is -2.53. The molecule has 2 amide bonds. The van der Waals surface area contributed by atoms with Gasteiger partial charge in [-0.3, -0.25) is 9.59 Å². The van der Waals surface area contributed by atoms with Gasteiger partial charge in [0.2, 0.25) is 0 Å². The summed E-state index contributed by atoms with van der Waals surface area (Å²) in [7, 11) is 1.71. The summed E-state index contributed by atoms with van der Waals surface area (Å²) < 4.78 is 5.58. The molecule has 0 bridgehead atoms. The number of fused-ring (bicyclic) bond motifs is 1. The second-order valence-electron chi connectivity index (χ2n) is 5.62. The van der Waals surface area contributed by atoms with Crippen LogP contribution in [-0.4, -0.2) is 25.0 Å². The molecule has 0 aromatic heterocycles. The van der Waals surface area contributed by atoms with Gasteiger partial charge in [0.15, 0.2) is 6.10 Å². The monoisotopic (exact) mass is 344 g/mol. The first-order chi connectivity index (χ1) is 11.5. The maximum Gasteiger partial charge on any atom is 0.267 e. The number of nitrogens with zero attached hydrogens (tertiary/aromatic N) is 1. The third kappa shape index (κ3) is 3.08. The molecule has 24 heavy (non-hydrogen) atoms. The van der Waals surface area contributed by atoms with Crippen LogP contribution in [0.2, 0.25) is 5.02 Å². The van der Waals surface area contributed by atoms with Crippen LogP contribution in [0.4, 0.5) is 5.69 Å². The van der Waals surface area contributed by atoms with E-state index in [-0.39, 0.29) is 11.8 Å². The highest BCUT2D eigenvalue weighted by molar-refractivity contribution is 6.33. The number of carbonyl (C=O) groups is 2. The van der Waals surface area contributed by atoms with E-state index < -0.39 is 6.10 Å². The van der Waals surface area contributed by atoms with Gasteiger partial charge in [0.25, 0.3) is 11.8 Å². The Bertz CT molecular complexity index is 807. The lowest BCUT2D eigenvalue weighted by Gasteiger charge is -2.30. The summed E-state index contributed by atoms with van der Waals surface area (Å²) in [5, 5.41) is 3.24. The Morgan fingerprint density at radius 1 is 1.29 bits per heavy atom. The molecular weight excluding hydrogens is 328 g/mol. The lowest BCUT2D eigenvalue weighted by Crippen LogP contribution is -2.42. The highest BCUT2D eigenvalue weighted by Gasteiger charge is 2.28. The third-order valence-electron chi connectivity index (χ3n) is 3.94. The Morgan fingerprint density at radius 3 is 2.79 bits per heavy atom. The number of benzene rings is 2. The summed E-state index contributed by atoms with van der Waals surface area (Å²) in [6.45, 7) is 2.05. The Labute approximate surface area is 145 Å². The van der Waals surface area contributed by atoms with Crippen LogP contribution in [0.5, 0.6) is 5.75 Å². The van der Waals surface area contributed by atoms with E-state index in [0.717, 1.165) is 5.56 Å². The molecule has 1 aliphatic rings. The minimum Gasteiger partial charge on any atom is -0.479 e. The summed E-state index contributed by atoms with van der Waals surface area (Å²) in [4.78, 5) is 25.8. The van der Waals surface area contributed by atoms with E-state index in [0.29, 0.717) is 28.6 Å². The number of anilines is 1. The van der Waals surface area contributed by atoms with E-state index in [1.165, 1.54) is 0 Å². The van der Waals surface area contributed by atoms with Crippen LogP contribution < -0.4 is 15.0 Å². The maximum absolute atomic E-state index is 12.2. The average molecular weight is 345 g/mol. The average Bonchev–Trinajstić information content (AvgIpc) is 2.58. The lowest BCUT2D eigenvalue weighted by molar-refractivity contribution is -0.125. The summed E-state index contributed by atoms with van der Waals surface area (Å²) in [5.41, 5.74) is 2.00. The largest absolute Gasteiger partial charge is 0.479 e. The van der Waals surface area contributed by atoms with Crippen LogP contribution in [0, 0.1) is 0 Å². The maximum atomic E-state index is 12.2. The number of hydrogen-bond donors (Lipinski definition) is 1. The van der Waals surface area contributed by atoms with Gasteiger partial charge in [0.05, 0.1) is 16.3 Å². The molecule has 0 spiro atoms. The van der Waals surface area contributed by atoms with E-state index in [9.17, 15) is 9.59 Å². The minimum atomic E-state index is -0.492. The van der Waals surface area contributed by atoms with Gasteiger partial charge < -0.3 is 15.0 Å². The van der Waals surface area contributed by atoms with Crippen LogP contribution in [0.15, 0.2) is 42.5 Å². The molecule has 1 atom stereocenters. The van der Waals surface area contributed by atoms with Crippen LogP contribution >= 0.6 is 11.6 Å². The van der Waals surface area contributed by atoms with Crippen LogP contribution in [-0.2, 0) is 11.3 Å². The van der Waals surface area contributed by atoms with Crippen molar-refractivity contribution in [3.05, 3.63) is 58.6 Å². The van der Waals surface area contributed by atoms with Gasteiger partial charge in [-0.2, -0.15) is 0 Å². The summed E-state index contributed by atoms with van der Waals surface area (Å²) in [6.07, 6.45) is -0.492. The molecule has 3 rings (SSSR count). The van der Waals surface area contributed by atoms with E-state index >= 15 is 0 Å².